The number of hydrogen-bond acceptors (Lipinski definition) is 3. The third kappa shape index (κ3) is 5.71. The molecule has 2 rings (SSSR count). The molecule has 24 heavy (non-hydrogen) atoms. The number of nitrogens with one attached hydrogen (secondary N) is 1. The molecule has 1 N–H and O–H groups in total. The quantitative estimate of drug-likeness (QED) is 0.799. The normalized spacial score (nSPS) is 18.5. The second-order valence-electron chi connectivity index (χ2n) is 5.36. The largest absolute Gasteiger partial charge is 0.573 e. The molecule has 1 aliphatic heterocycles. The standard InChI is InChI=1S/C14H15ClF6N2O/c15-10-7-9(1-2-12(10)24-14(19,20)21)11(8-13(16,17)18)23-5-3-22-4-6-23/h1-2,7,11,22H,3-6,8H2/t11-/m0/s1. The fourth-order valence-corrected chi connectivity index (χ4v) is 2.83. The number of alkyl halides is 6. The van der Waals surface area contributed by atoms with Gasteiger partial charge in [-0.2, -0.15) is 13.2 Å². The lowest BCUT2D eigenvalue weighted by atomic mass is 10.0. The lowest BCUT2D eigenvalue weighted by molar-refractivity contribution is -0.274. The van der Waals surface area contributed by atoms with Gasteiger partial charge in [0.25, 0.3) is 0 Å². The van der Waals surface area contributed by atoms with Crippen LogP contribution in [0.4, 0.5) is 26.3 Å². The highest BCUT2D eigenvalue weighted by Gasteiger charge is 2.37. The van der Waals surface area contributed by atoms with Crippen LogP contribution in [0.15, 0.2) is 18.2 Å². The molecule has 1 aromatic carbocycles. The number of ether oxygens (including phenoxy) is 1. The summed E-state index contributed by atoms with van der Waals surface area (Å²) in [6, 6.07) is 2.22. The van der Waals surface area contributed by atoms with Crippen LogP contribution in [-0.4, -0.2) is 43.6 Å². The molecule has 0 aromatic heterocycles. The molecular formula is C14H15ClF6N2O. The third-order valence-corrected chi connectivity index (χ3v) is 3.88. The van der Waals surface area contributed by atoms with Crippen LogP contribution in [0, 0.1) is 0 Å². The summed E-state index contributed by atoms with van der Waals surface area (Å²) < 4.78 is 79.2. The van der Waals surface area contributed by atoms with Crippen LogP contribution in [0.1, 0.15) is 18.0 Å². The first-order valence-corrected chi connectivity index (χ1v) is 7.50. The first-order chi connectivity index (χ1) is 11.1. The van der Waals surface area contributed by atoms with E-state index < -0.39 is 30.8 Å². The third-order valence-electron chi connectivity index (χ3n) is 3.58. The molecule has 1 saturated heterocycles. The molecule has 1 aliphatic rings. The van der Waals surface area contributed by atoms with Gasteiger partial charge in [-0.3, -0.25) is 4.90 Å². The molecular weight excluding hydrogens is 362 g/mol. The summed E-state index contributed by atoms with van der Waals surface area (Å²) in [5, 5.41) is 2.65. The molecule has 0 spiro atoms. The van der Waals surface area contributed by atoms with E-state index in [1.165, 1.54) is 6.07 Å². The van der Waals surface area contributed by atoms with Crippen molar-refractivity contribution in [2.75, 3.05) is 26.2 Å². The number of hydrogen-bond donors (Lipinski definition) is 1. The monoisotopic (exact) mass is 376 g/mol. The predicted molar refractivity (Wildman–Crippen MR) is 76.0 cm³/mol. The zero-order chi connectivity index (χ0) is 18.0. The van der Waals surface area contributed by atoms with Crippen LogP contribution in [0.5, 0.6) is 5.75 Å². The molecule has 3 nitrogen and oxygen atoms in total. The Labute approximate surface area is 139 Å². The highest BCUT2D eigenvalue weighted by atomic mass is 35.5. The fourth-order valence-electron chi connectivity index (χ4n) is 2.60. The van der Waals surface area contributed by atoms with Crippen LogP contribution >= 0.6 is 11.6 Å². The maximum absolute atomic E-state index is 12.9. The summed E-state index contributed by atoms with van der Waals surface area (Å²) in [5.41, 5.74) is 0.203. The van der Waals surface area contributed by atoms with Crippen LogP contribution in [0.2, 0.25) is 5.02 Å². The first-order valence-electron chi connectivity index (χ1n) is 7.12. The summed E-state index contributed by atoms with van der Waals surface area (Å²) in [6.45, 7) is 1.88. The van der Waals surface area contributed by atoms with Gasteiger partial charge >= 0.3 is 12.5 Å². The molecule has 0 aliphatic carbocycles. The van der Waals surface area contributed by atoms with Crippen molar-refractivity contribution in [3.63, 3.8) is 0 Å². The lowest BCUT2D eigenvalue weighted by Gasteiger charge is -2.35. The van der Waals surface area contributed by atoms with Crippen LogP contribution in [0.3, 0.4) is 0 Å². The van der Waals surface area contributed by atoms with Gasteiger partial charge in [0.15, 0.2) is 0 Å². The predicted octanol–water partition coefficient (Wildman–Crippen LogP) is 4.14. The van der Waals surface area contributed by atoms with E-state index in [1.54, 1.807) is 4.90 Å². The van der Waals surface area contributed by atoms with Crippen molar-refractivity contribution in [1.82, 2.24) is 10.2 Å². The van der Waals surface area contributed by atoms with Crippen LogP contribution in [0.25, 0.3) is 0 Å². The van der Waals surface area contributed by atoms with Crippen molar-refractivity contribution in [3.05, 3.63) is 28.8 Å². The minimum Gasteiger partial charge on any atom is -0.404 e. The number of benzene rings is 1. The number of rotatable bonds is 4. The van der Waals surface area contributed by atoms with Gasteiger partial charge in [-0.1, -0.05) is 17.7 Å². The first kappa shape index (κ1) is 19.1. The van der Waals surface area contributed by atoms with E-state index in [9.17, 15) is 26.3 Å². The van der Waals surface area contributed by atoms with Crippen molar-refractivity contribution < 1.29 is 31.1 Å². The fraction of sp³-hybridized carbons (Fsp3) is 0.571. The molecule has 1 fully saturated rings. The van der Waals surface area contributed by atoms with Gasteiger partial charge < -0.3 is 10.1 Å². The second-order valence-corrected chi connectivity index (χ2v) is 5.77. The van der Waals surface area contributed by atoms with Gasteiger partial charge in [-0.05, 0) is 17.7 Å². The molecule has 0 unspecified atom stereocenters. The Bertz CT molecular complexity index is 557. The highest BCUT2D eigenvalue weighted by molar-refractivity contribution is 6.32. The van der Waals surface area contributed by atoms with Gasteiger partial charge in [0.05, 0.1) is 11.4 Å². The molecule has 1 atom stereocenters. The van der Waals surface area contributed by atoms with Gasteiger partial charge in [-0.15, -0.1) is 13.2 Å². The molecule has 0 radical (unpaired) electrons. The molecule has 136 valence electrons. The second kappa shape index (κ2) is 7.37. The molecule has 0 bridgehead atoms. The Morgan fingerprint density at radius 1 is 1.12 bits per heavy atom. The molecule has 10 heteroatoms. The SMILES string of the molecule is FC(F)(F)C[C@@H](c1ccc(OC(F)(F)F)c(Cl)c1)N1CCNCC1. The van der Waals surface area contributed by atoms with E-state index in [-0.39, 0.29) is 10.6 Å². The summed E-state index contributed by atoms with van der Waals surface area (Å²) >= 11 is 5.75. The number of halogens is 7. The van der Waals surface area contributed by atoms with E-state index in [2.05, 4.69) is 10.1 Å². The Hall–Kier alpha value is -1.19. The molecule has 0 saturated carbocycles. The smallest absolute Gasteiger partial charge is 0.404 e. The molecule has 1 heterocycles. The summed E-state index contributed by atoms with van der Waals surface area (Å²) in [6.07, 6.45) is -10.4. The van der Waals surface area contributed by atoms with Crippen molar-refractivity contribution in [2.24, 2.45) is 0 Å². The number of nitrogens with zero attached hydrogens (tertiary/aromatic N) is 1. The van der Waals surface area contributed by atoms with Crippen molar-refractivity contribution in [2.45, 2.75) is 25.0 Å². The van der Waals surface area contributed by atoms with Crippen LogP contribution in [-0.2, 0) is 0 Å². The minimum absolute atomic E-state index is 0.203. The topological polar surface area (TPSA) is 24.5 Å². The van der Waals surface area contributed by atoms with Crippen molar-refractivity contribution in [3.8, 4) is 5.75 Å². The van der Waals surface area contributed by atoms with Crippen molar-refractivity contribution in [1.29, 1.82) is 0 Å². The Balaban J connectivity index is 2.26. The minimum atomic E-state index is -4.92. The lowest BCUT2D eigenvalue weighted by Crippen LogP contribution is -2.46. The van der Waals surface area contributed by atoms with E-state index in [0.29, 0.717) is 26.2 Å². The van der Waals surface area contributed by atoms with Gasteiger partial charge in [-0.25, -0.2) is 0 Å². The number of piperazine rings is 1. The Morgan fingerprint density at radius 3 is 2.25 bits per heavy atom. The average Bonchev–Trinajstić information content (AvgIpc) is 2.46. The zero-order valence-corrected chi connectivity index (χ0v) is 13.1. The average molecular weight is 377 g/mol. The van der Waals surface area contributed by atoms with Crippen LogP contribution < -0.4 is 10.1 Å². The van der Waals surface area contributed by atoms with E-state index in [1.807, 2.05) is 0 Å². The van der Waals surface area contributed by atoms with Gasteiger partial charge in [0, 0.05) is 32.2 Å². The van der Waals surface area contributed by atoms with E-state index in [4.69, 9.17) is 11.6 Å². The zero-order valence-electron chi connectivity index (χ0n) is 12.3. The van der Waals surface area contributed by atoms with E-state index >= 15 is 0 Å². The highest BCUT2D eigenvalue weighted by Crippen LogP contribution is 2.38. The Kier molecular flexibility index (Phi) is 5.87. The summed E-state index contributed by atoms with van der Waals surface area (Å²) in [4.78, 5) is 1.64. The van der Waals surface area contributed by atoms with E-state index in [0.717, 1.165) is 12.1 Å². The maximum atomic E-state index is 12.9. The van der Waals surface area contributed by atoms with Gasteiger partial charge in [0.2, 0.25) is 0 Å². The van der Waals surface area contributed by atoms with Crippen molar-refractivity contribution >= 4 is 11.6 Å². The Morgan fingerprint density at radius 2 is 1.75 bits per heavy atom. The molecule has 1 aromatic rings. The van der Waals surface area contributed by atoms with Gasteiger partial charge in [0.1, 0.15) is 5.75 Å². The molecule has 0 amide bonds. The summed E-state index contributed by atoms with van der Waals surface area (Å²) in [7, 11) is 0. The maximum Gasteiger partial charge on any atom is 0.573 e. The summed E-state index contributed by atoms with van der Waals surface area (Å²) in [5.74, 6) is -0.640.